The molecular weight excluding hydrogens is 424 g/mol. The number of nitrogens with two attached hydrogens (primary N) is 3. The molecule has 0 unspecified atom stereocenters. The van der Waals surface area contributed by atoms with Gasteiger partial charge in [-0.3, -0.25) is 10.3 Å². The van der Waals surface area contributed by atoms with Gasteiger partial charge in [-0.15, -0.1) is 10.2 Å². The van der Waals surface area contributed by atoms with Gasteiger partial charge in [-0.05, 0) is 25.8 Å². The molecule has 160 valence electrons. The number of aromatic nitrogens is 15. The Bertz CT molecular complexity index is 1090. The molecule has 31 heavy (non-hydrogen) atoms. The minimum absolute atomic E-state index is 0. The van der Waals surface area contributed by atoms with Crippen molar-refractivity contribution in [3.05, 3.63) is 0 Å². The van der Waals surface area contributed by atoms with E-state index in [4.69, 9.17) is 21.9 Å². The monoisotopic (exact) mass is 434 g/mol. The van der Waals surface area contributed by atoms with Gasteiger partial charge in [0.05, 0.1) is 5.82 Å². The summed E-state index contributed by atoms with van der Waals surface area (Å²) < 4.78 is 14.5. The maximum absolute atomic E-state index is 5.38. The fourth-order valence-electron chi connectivity index (χ4n) is 1.82. The summed E-state index contributed by atoms with van der Waals surface area (Å²) >= 11 is 0. The fraction of sp³-hybridized carbons (Fsp3) is 0. The highest BCUT2D eigenvalue weighted by Gasteiger charge is 2.22. The van der Waals surface area contributed by atoms with E-state index in [0.29, 0.717) is 0 Å². The van der Waals surface area contributed by atoms with Crippen LogP contribution in [0.1, 0.15) is 0 Å². The molecule has 0 radical (unpaired) electrons. The maximum atomic E-state index is 5.38. The molecule has 22 heteroatoms. The quantitative estimate of drug-likeness (QED) is 0.206. The number of tetrazole rings is 2. The molecule has 0 saturated carbocycles. The summed E-state index contributed by atoms with van der Waals surface area (Å²) in [6.45, 7) is 0. The summed E-state index contributed by atoms with van der Waals surface area (Å²) in [5, 5.41) is 41.3. The van der Waals surface area contributed by atoms with Crippen LogP contribution in [-0.2, 0) is 0 Å². The average Bonchev–Trinajstić information content (AvgIpc) is 3.49. The van der Waals surface area contributed by atoms with Crippen LogP contribution in [0.25, 0.3) is 23.0 Å². The van der Waals surface area contributed by atoms with Gasteiger partial charge >= 0.3 is 17.8 Å². The molecule has 0 spiro atoms. The Morgan fingerprint density at radius 3 is 2.16 bits per heavy atom. The van der Waals surface area contributed by atoms with Crippen molar-refractivity contribution in [2.24, 2.45) is 0 Å². The van der Waals surface area contributed by atoms with Crippen LogP contribution in [0.15, 0.2) is 9.26 Å². The van der Waals surface area contributed by atoms with Crippen molar-refractivity contribution in [1.82, 2.24) is 71.8 Å². The van der Waals surface area contributed by atoms with Gasteiger partial charge in [0.25, 0.3) is 11.8 Å². The largest absolute Gasteiger partial charge is 0.412 e. The maximum Gasteiger partial charge on any atom is 0.320 e. The lowest BCUT2D eigenvalue weighted by Gasteiger charge is -1.98. The number of aromatic amines is 2. The van der Waals surface area contributed by atoms with E-state index in [9.17, 15) is 0 Å². The van der Waals surface area contributed by atoms with E-state index in [2.05, 4.69) is 86.1 Å². The molecule has 0 fully saturated rings. The van der Waals surface area contributed by atoms with Gasteiger partial charge in [-0.25, -0.2) is 14.2 Å². The number of hydrogen-bond acceptors (Lipinski definition) is 18. The molecule has 0 aromatic carbocycles. The molecule has 0 bridgehead atoms. The van der Waals surface area contributed by atoms with Crippen molar-refractivity contribution >= 4 is 17.8 Å². The molecule has 0 amide bonds. The molecule has 0 aliphatic heterocycles. The van der Waals surface area contributed by atoms with E-state index in [-0.39, 0.29) is 58.1 Å². The smallest absolute Gasteiger partial charge is 0.320 e. The van der Waals surface area contributed by atoms with E-state index < -0.39 is 0 Å². The van der Waals surface area contributed by atoms with Crippen LogP contribution in [-0.4, -0.2) is 72.2 Å². The van der Waals surface area contributed by atoms with E-state index in [1.165, 1.54) is 0 Å². The highest BCUT2D eigenvalue weighted by molar-refractivity contribution is 5.58. The Morgan fingerprint density at radius 2 is 1.58 bits per heavy atom. The van der Waals surface area contributed by atoms with Crippen molar-refractivity contribution in [2.45, 2.75) is 0 Å². The highest BCUT2D eigenvalue weighted by atomic mass is 16.6. The molecule has 10 N–H and O–H groups in total. The molecule has 0 atom stereocenters. The lowest BCUT2D eigenvalue weighted by molar-refractivity contribution is -0.350. The zero-order valence-corrected chi connectivity index (χ0v) is 14.8. The molecule has 5 aromatic heterocycles. The normalized spacial score (nSPS) is 10.1. The predicted octanol–water partition coefficient (Wildman–Crippen LogP) is -4.55. The van der Waals surface area contributed by atoms with E-state index in [0.717, 1.165) is 0 Å². The Morgan fingerprint density at radius 1 is 0.903 bits per heavy atom. The SMILES string of the molecule is Nc1nc(N)[nH+]c(N)n1.O.n1n[n-]c(-c2nonc2Oc2nonc2-c2nn[nH]n2)n1. The van der Waals surface area contributed by atoms with E-state index in [1.807, 2.05) is 0 Å². The topological polar surface area (TPSA) is 344 Å². The lowest BCUT2D eigenvalue weighted by Crippen LogP contribution is -2.20. The molecule has 5 aromatic rings. The van der Waals surface area contributed by atoms with Crippen LogP contribution >= 0.6 is 0 Å². The predicted molar refractivity (Wildman–Crippen MR) is 89.4 cm³/mol. The molecule has 5 rings (SSSR count). The summed E-state index contributed by atoms with van der Waals surface area (Å²) in [6, 6.07) is 0. The van der Waals surface area contributed by atoms with Crippen LogP contribution in [0.2, 0.25) is 0 Å². The fourth-order valence-corrected chi connectivity index (χ4v) is 1.82. The van der Waals surface area contributed by atoms with Crippen molar-refractivity contribution in [2.75, 3.05) is 17.2 Å². The number of nitrogen functional groups attached to an aromatic ring is 3. The Balaban J connectivity index is 0.000000232. The van der Waals surface area contributed by atoms with Gasteiger partial charge < -0.3 is 32.5 Å². The Hall–Kier alpha value is -5.41. The molecule has 22 nitrogen and oxygen atoms in total. The molecule has 0 aliphatic carbocycles. The number of hydrogen-bond donors (Lipinski definition) is 4. The summed E-state index contributed by atoms with van der Waals surface area (Å²) in [7, 11) is 0. The number of rotatable bonds is 4. The van der Waals surface area contributed by atoms with Crippen molar-refractivity contribution in [3.63, 3.8) is 0 Å². The minimum atomic E-state index is -0.0785. The average molecular weight is 434 g/mol. The second kappa shape index (κ2) is 8.73. The number of H-pyrrole nitrogens is 2. The van der Waals surface area contributed by atoms with Crippen LogP contribution < -0.4 is 32.0 Å². The minimum Gasteiger partial charge on any atom is -0.412 e. The molecule has 0 saturated heterocycles. The van der Waals surface area contributed by atoms with Crippen LogP contribution in [0, 0.1) is 0 Å². The summed E-state index contributed by atoms with van der Waals surface area (Å²) in [4.78, 5) is 9.55. The Labute approximate surface area is 167 Å². The van der Waals surface area contributed by atoms with E-state index in [1.54, 1.807) is 0 Å². The second-order valence-corrected chi connectivity index (χ2v) is 4.85. The van der Waals surface area contributed by atoms with Gasteiger partial charge in [0, 0.05) is 0 Å². The van der Waals surface area contributed by atoms with Crippen LogP contribution in [0.4, 0.5) is 17.8 Å². The third-order valence-corrected chi connectivity index (χ3v) is 2.92. The van der Waals surface area contributed by atoms with Gasteiger partial charge in [0.15, 0.2) is 5.69 Å². The third-order valence-electron chi connectivity index (χ3n) is 2.92. The molecular formula is C9H10N18O4. The van der Waals surface area contributed by atoms with Crippen LogP contribution in [0.5, 0.6) is 11.8 Å². The van der Waals surface area contributed by atoms with Gasteiger partial charge in [-0.1, -0.05) is 9.97 Å². The summed E-state index contributed by atoms with van der Waals surface area (Å²) in [5.74, 6) is 0.454. The number of nitrogens with zero attached hydrogens (tertiary/aromatic N) is 13. The van der Waals surface area contributed by atoms with Gasteiger partial charge in [0.1, 0.15) is 0 Å². The highest BCUT2D eigenvalue weighted by Crippen LogP contribution is 2.30. The lowest BCUT2D eigenvalue weighted by atomic mass is 10.4. The summed E-state index contributed by atoms with van der Waals surface area (Å²) in [5.41, 5.74) is 15.7. The second-order valence-electron chi connectivity index (χ2n) is 4.85. The number of nitrogens with one attached hydrogen (secondary N) is 2. The van der Waals surface area contributed by atoms with Crippen LogP contribution in [0.3, 0.4) is 0 Å². The van der Waals surface area contributed by atoms with Gasteiger partial charge in [0.2, 0.25) is 11.5 Å². The number of anilines is 3. The zero-order valence-electron chi connectivity index (χ0n) is 14.8. The summed E-state index contributed by atoms with van der Waals surface area (Å²) in [6.07, 6.45) is 0. The zero-order chi connectivity index (χ0) is 20.9. The van der Waals surface area contributed by atoms with Crippen molar-refractivity contribution < 1.29 is 24.5 Å². The van der Waals surface area contributed by atoms with E-state index >= 15 is 0 Å². The van der Waals surface area contributed by atoms with Crippen molar-refractivity contribution in [1.29, 1.82) is 0 Å². The Kier molecular flexibility index (Phi) is 5.72. The van der Waals surface area contributed by atoms with Crippen molar-refractivity contribution in [3.8, 4) is 34.8 Å². The molecule has 0 aliphatic rings. The van der Waals surface area contributed by atoms with Gasteiger partial charge in [-0.2, -0.15) is 10.4 Å². The third kappa shape index (κ3) is 4.54. The first-order valence-electron chi connectivity index (χ1n) is 7.44. The number of ether oxygens (including phenoxy) is 1. The molecule has 5 heterocycles. The first-order chi connectivity index (χ1) is 14.6. The first-order valence-corrected chi connectivity index (χ1v) is 7.44. The standard InChI is InChI=1S/C6HN12O3.C3H6N6.H2O/c7-3(8-16-15-7)1-5(13-20-11-1)19-6-2(12-21-14-6)4-9-17-18-10-4;4-1-7-2(5)9-3(6)8-1;/h(H-,7,8,9,10,15,16,17,18);(H6,4,5,6,7,8,9);1H2/q-1;;/p+1. The first kappa shape index (κ1) is 20.3.